The van der Waals surface area contributed by atoms with Crippen LogP contribution in [0.4, 0.5) is 5.13 Å². The molecule has 3 heterocycles. The summed E-state index contributed by atoms with van der Waals surface area (Å²) in [5, 5.41) is 4.79. The lowest BCUT2D eigenvalue weighted by atomic mass is 9.99. The average Bonchev–Trinajstić information content (AvgIpc) is 2.85. The maximum atomic E-state index is 4.60. The van der Waals surface area contributed by atoms with Crippen LogP contribution in [0.25, 0.3) is 0 Å². The van der Waals surface area contributed by atoms with Gasteiger partial charge in [-0.15, -0.1) is 11.3 Å². The summed E-state index contributed by atoms with van der Waals surface area (Å²) in [6.07, 6.45) is 5.43. The van der Waals surface area contributed by atoms with E-state index in [1.807, 2.05) is 0 Å². The first kappa shape index (κ1) is 11.5. The van der Waals surface area contributed by atoms with Gasteiger partial charge in [-0.1, -0.05) is 6.42 Å². The number of hydrogen-bond donors (Lipinski definition) is 1. The van der Waals surface area contributed by atoms with E-state index in [1.165, 1.54) is 49.3 Å². The highest BCUT2D eigenvalue weighted by atomic mass is 32.1. The number of aryl methyl sites for hydroxylation is 2. The molecule has 0 aromatic carbocycles. The van der Waals surface area contributed by atoms with Crippen LogP contribution in [0.1, 0.15) is 36.3 Å². The molecule has 2 atom stereocenters. The van der Waals surface area contributed by atoms with Gasteiger partial charge in [0.15, 0.2) is 5.13 Å². The minimum absolute atomic E-state index is 0.625. The molecule has 0 saturated carbocycles. The second-order valence-electron chi connectivity index (χ2n) is 5.30. The first-order chi connectivity index (χ1) is 8.24. The highest BCUT2D eigenvalue weighted by molar-refractivity contribution is 7.15. The van der Waals surface area contributed by atoms with E-state index in [9.17, 15) is 0 Å². The molecule has 0 radical (unpaired) electrons. The molecule has 3 nitrogen and oxygen atoms in total. The number of anilines is 1. The van der Waals surface area contributed by atoms with Crippen molar-refractivity contribution in [3.63, 3.8) is 0 Å². The van der Waals surface area contributed by atoms with Crippen LogP contribution < -0.4 is 5.32 Å². The van der Waals surface area contributed by atoms with Crippen LogP contribution in [-0.4, -0.2) is 35.1 Å². The zero-order chi connectivity index (χ0) is 11.8. The number of thiazole rings is 1. The van der Waals surface area contributed by atoms with E-state index in [4.69, 9.17) is 0 Å². The lowest BCUT2D eigenvalue weighted by Gasteiger charge is -2.32. The fourth-order valence-electron chi connectivity index (χ4n) is 3.11. The standard InChI is InChI=1S/C13H21N3S/c1-9-10(2)17-13(14-9)15-11-6-8-16-7-4-3-5-12(11)16/h11-12H,3-8H2,1-2H3,(H,14,15). The second-order valence-corrected chi connectivity index (χ2v) is 6.50. The van der Waals surface area contributed by atoms with Gasteiger partial charge in [0.2, 0.25) is 0 Å². The molecular weight excluding hydrogens is 230 g/mol. The van der Waals surface area contributed by atoms with Crippen molar-refractivity contribution in [1.82, 2.24) is 9.88 Å². The number of aromatic nitrogens is 1. The van der Waals surface area contributed by atoms with Gasteiger partial charge >= 0.3 is 0 Å². The number of fused-ring (bicyclic) bond motifs is 1. The Morgan fingerprint density at radius 3 is 2.88 bits per heavy atom. The van der Waals surface area contributed by atoms with E-state index in [0.29, 0.717) is 6.04 Å². The molecule has 1 N–H and O–H groups in total. The average molecular weight is 251 g/mol. The van der Waals surface area contributed by atoms with Crippen molar-refractivity contribution in [3.8, 4) is 0 Å². The Kier molecular flexibility index (Phi) is 3.09. The summed E-state index contributed by atoms with van der Waals surface area (Å²) in [6.45, 7) is 6.82. The minimum Gasteiger partial charge on any atom is -0.357 e. The first-order valence-electron chi connectivity index (χ1n) is 6.68. The molecule has 1 aromatic rings. The topological polar surface area (TPSA) is 28.2 Å². The number of rotatable bonds is 2. The Labute approximate surface area is 107 Å². The number of nitrogens with zero attached hydrogens (tertiary/aromatic N) is 2. The molecule has 2 unspecified atom stereocenters. The van der Waals surface area contributed by atoms with Crippen LogP contribution in [0.15, 0.2) is 0 Å². The number of hydrogen-bond acceptors (Lipinski definition) is 4. The fourth-order valence-corrected chi connectivity index (χ4v) is 3.99. The summed E-state index contributed by atoms with van der Waals surface area (Å²) in [5.41, 5.74) is 1.18. The van der Waals surface area contributed by atoms with Crippen molar-refractivity contribution < 1.29 is 0 Å². The maximum absolute atomic E-state index is 4.60. The van der Waals surface area contributed by atoms with Crippen LogP contribution in [-0.2, 0) is 0 Å². The quantitative estimate of drug-likeness (QED) is 0.876. The first-order valence-corrected chi connectivity index (χ1v) is 7.50. The largest absolute Gasteiger partial charge is 0.357 e. The Morgan fingerprint density at radius 1 is 1.24 bits per heavy atom. The summed E-state index contributed by atoms with van der Waals surface area (Å²) in [7, 11) is 0. The monoisotopic (exact) mass is 251 g/mol. The Bertz CT molecular complexity index is 382. The zero-order valence-electron chi connectivity index (χ0n) is 10.7. The normalized spacial score (nSPS) is 29.3. The summed E-state index contributed by atoms with van der Waals surface area (Å²) in [6, 6.07) is 1.38. The Balaban J connectivity index is 1.69. The summed E-state index contributed by atoms with van der Waals surface area (Å²) < 4.78 is 0. The van der Waals surface area contributed by atoms with Crippen molar-refractivity contribution in [2.75, 3.05) is 18.4 Å². The van der Waals surface area contributed by atoms with Crippen LogP contribution in [0.2, 0.25) is 0 Å². The molecule has 2 fully saturated rings. The Morgan fingerprint density at radius 2 is 2.12 bits per heavy atom. The third-order valence-corrected chi connectivity index (χ3v) is 5.20. The molecule has 2 aliphatic rings. The molecule has 0 bridgehead atoms. The number of nitrogens with one attached hydrogen (secondary N) is 1. The molecule has 0 spiro atoms. The van der Waals surface area contributed by atoms with Crippen molar-refractivity contribution >= 4 is 16.5 Å². The molecule has 1 aromatic heterocycles. The van der Waals surface area contributed by atoms with E-state index in [-0.39, 0.29) is 0 Å². The molecule has 4 heteroatoms. The van der Waals surface area contributed by atoms with Crippen molar-refractivity contribution in [2.45, 2.75) is 51.6 Å². The van der Waals surface area contributed by atoms with Gasteiger partial charge < -0.3 is 5.32 Å². The van der Waals surface area contributed by atoms with Gasteiger partial charge in [0, 0.05) is 23.5 Å². The molecule has 2 saturated heterocycles. The van der Waals surface area contributed by atoms with Gasteiger partial charge in [-0.05, 0) is 39.7 Å². The summed E-state index contributed by atoms with van der Waals surface area (Å²) in [5.74, 6) is 0. The van der Waals surface area contributed by atoms with E-state index < -0.39 is 0 Å². The van der Waals surface area contributed by atoms with Gasteiger partial charge in [-0.3, -0.25) is 4.90 Å². The van der Waals surface area contributed by atoms with Gasteiger partial charge in [-0.25, -0.2) is 4.98 Å². The van der Waals surface area contributed by atoms with Crippen molar-refractivity contribution in [3.05, 3.63) is 10.6 Å². The molecule has 2 aliphatic heterocycles. The molecule has 3 rings (SSSR count). The molecular formula is C13H21N3S. The van der Waals surface area contributed by atoms with Crippen molar-refractivity contribution in [2.24, 2.45) is 0 Å². The lowest BCUT2D eigenvalue weighted by molar-refractivity contribution is 0.193. The summed E-state index contributed by atoms with van der Waals surface area (Å²) >= 11 is 1.80. The predicted octanol–water partition coefficient (Wildman–Crippen LogP) is 2.80. The van der Waals surface area contributed by atoms with Gasteiger partial charge in [0.05, 0.1) is 5.69 Å². The van der Waals surface area contributed by atoms with E-state index in [1.54, 1.807) is 11.3 Å². The SMILES string of the molecule is Cc1nc(NC2CCN3CCCCC23)sc1C. The van der Waals surface area contributed by atoms with E-state index in [2.05, 4.69) is 29.0 Å². The molecule has 0 aliphatic carbocycles. The number of piperidine rings is 1. The Hall–Kier alpha value is -0.610. The third kappa shape index (κ3) is 2.20. The third-order valence-electron chi connectivity index (χ3n) is 4.19. The highest BCUT2D eigenvalue weighted by Gasteiger charge is 2.35. The summed E-state index contributed by atoms with van der Waals surface area (Å²) in [4.78, 5) is 8.60. The maximum Gasteiger partial charge on any atom is 0.183 e. The van der Waals surface area contributed by atoms with Crippen LogP contribution >= 0.6 is 11.3 Å². The van der Waals surface area contributed by atoms with Gasteiger partial charge in [0.1, 0.15) is 0 Å². The van der Waals surface area contributed by atoms with Crippen LogP contribution in [0.5, 0.6) is 0 Å². The van der Waals surface area contributed by atoms with Crippen LogP contribution in [0.3, 0.4) is 0 Å². The molecule has 0 amide bonds. The van der Waals surface area contributed by atoms with Crippen LogP contribution in [0, 0.1) is 13.8 Å². The highest BCUT2D eigenvalue weighted by Crippen LogP contribution is 2.31. The zero-order valence-corrected chi connectivity index (χ0v) is 11.5. The van der Waals surface area contributed by atoms with Gasteiger partial charge in [-0.2, -0.15) is 0 Å². The molecule has 17 heavy (non-hydrogen) atoms. The molecule has 94 valence electrons. The fraction of sp³-hybridized carbons (Fsp3) is 0.769. The minimum atomic E-state index is 0.625. The van der Waals surface area contributed by atoms with Crippen molar-refractivity contribution in [1.29, 1.82) is 0 Å². The lowest BCUT2D eigenvalue weighted by Crippen LogP contribution is -2.41. The smallest absolute Gasteiger partial charge is 0.183 e. The predicted molar refractivity (Wildman–Crippen MR) is 72.8 cm³/mol. The second kappa shape index (κ2) is 4.58. The van der Waals surface area contributed by atoms with Gasteiger partial charge in [0.25, 0.3) is 0 Å². The van der Waals surface area contributed by atoms with E-state index in [0.717, 1.165) is 11.2 Å². The van der Waals surface area contributed by atoms with E-state index >= 15 is 0 Å².